The zero-order valence-electron chi connectivity index (χ0n) is 11.9. The second-order valence-corrected chi connectivity index (χ2v) is 4.68. The van der Waals surface area contributed by atoms with Crippen LogP contribution in [-0.4, -0.2) is 17.5 Å². The van der Waals surface area contributed by atoms with Crippen molar-refractivity contribution in [3.05, 3.63) is 52.3 Å². The van der Waals surface area contributed by atoms with Gasteiger partial charge in [0.05, 0.1) is 12.3 Å². The lowest BCUT2D eigenvalue weighted by atomic mass is 10.1. The van der Waals surface area contributed by atoms with Gasteiger partial charge in [0.25, 0.3) is 11.5 Å². The number of carbonyl (C=O) groups excluding carboxylic acids is 1. The number of para-hydroxylation sites is 1. The highest BCUT2D eigenvalue weighted by atomic mass is 16.5. The van der Waals surface area contributed by atoms with Crippen molar-refractivity contribution in [2.75, 3.05) is 6.61 Å². The van der Waals surface area contributed by atoms with Crippen LogP contribution in [0.15, 0.2) is 41.2 Å². The Bertz CT molecular complexity index is 692. The molecule has 0 saturated heterocycles. The van der Waals surface area contributed by atoms with Gasteiger partial charge in [-0.05, 0) is 30.7 Å². The Morgan fingerprint density at radius 2 is 2.00 bits per heavy atom. The van der Waals surface area contributed by atoms with Crippen LogP contribution in [0.2, 0.25) is 0 Å². The summed E-state index contributed by atoms with van der Waals surface area (Å²) in [7, 11) is 0. The van der Waals surface area contributed by atoms with E-state index < -0.39 is 11.5 Å². The molecule has 1 heterocycles. The molecule has 5 heteroatoms. The summed E-state index contributed by atoms with van der Waals surface area (Å²) >= 11 is 0. The van der Waals surface area contributed by atoms with Gasteiger partial charge in [-0.25, -0.2) is 0 Å². The molecule has 1 aromatic carbocycles. The predicted octanol–water partition coefficient (Wildman–Crippen LogP) is 2.32. The monoisotopic (exact) mass is 286 g/mol. The van der Waals surface area contributed by atoms with Crippen LogP contribution in [0, 0.1) is 0 Å². The average molecular weight is 286 g/mol. The molecule has 1 amide bonds. The van der Waals surface area contributed by atoms with Gasteiger partial charge in [0.1, 0.15) is 11.3 Å². The predicted molar refractivity (Wildman–Crippen MR) is 81.4 cm³/mol. The van der Waals surface area contributed by atoms with Gasteiger partial charge in [-0.15, -0.1) is 0 Å². The van der Waals surface area contributed by atoms with Crippen molar-refractivity contribution in [2.24, 2.45) is 5.73 Å². The maximum Gasteiger partial charge on any atom is 0.261 e. The quantitative estimate of drug-likeness (QED) is 0.799. The molecule has 0 aliphatic heterocycles. The number of nitrogens with one attached hydrogen (secondary N) is 1. The standard InChI is InChI=1S/C16H18N2O3/c1-2-3-10-21-14-7-5-4-6-11(14)13-9-8-12(15(17)19)16(20)18-13/h4-9H,2-3,10H2,1H3,(H2,17,19)(H,18,20). The van der Waals surface area contributed by atoms with Gasteiger partial charge >= 0.3 is 0 Å². The second kappa shape index (κ2) is 6.74. The molecule has 21 heavy (non-hydrogen) atoms. The van der Waals surface area contributed by atoms with Crippen molar-refractivity contribution < 1.29 is 9.53 Å². The number of H-pyrrole nitrogens is 1. The largest absolute Gasteiger partial charge is 0.493 e. The number of pyridine rings is 1. The molecule has 0 unspecified atom stereocenters. The number of carbonyl (C=O) groups is 1. The van der Waals surface area contributed by atoms with E-state index in [4.69, 9.17) is 10.5 Å². The minimum Gasteiger partial charge on any atom is -0.493 e. The lowest BCUT2D eigenvalue weighted by Crippen LogP contribution is -2.23. The third kappa shape index (κ3) is 3.51. The smallest absolute Gasteiger partial charge is 0.261 e. The molecular weight excluding hydrogens is 268 g/mol. The number of primary amides is 1. The Hall–Kier alpha value is -2.56. The maximum atomic E-state index is 11.8. The number of nitrogens with two attached hydrogens (primary N) is 1. The fraction of sp³-hybridized carbons (Fsp3) is 0.250. The lowest BCUT2D eigenvalue weighted by Gasteiger charge is -2.11. The number of benzene rings is 1. The highest BCUT2D eigenvalue weighted by Gasteiger charge is 2.10. The van der Waals surface area contributed by atoms with E-state index >= 15 is 0 Å². The third-order valence-electron chi connectivity index (χ3n) is 3.11. The number of aromatic nitrogens is 1. The first kappa shape index (κ1) is 14.8. The van der Waals surface area contributed by atoms with Gasteiger partial charge in [-0.2, -0.15) is 0 Å². The summed E-state index contributed by atoms with van der Waals surface area (Å²) in [4.78, 5) is 25.6. The molecule has 0 radical (unpaired) electrons. The third-order valence-corrected chi connectivity index (χ3v) is 3.11. The summed E-state index contributed by atoms with van der Waals surface area (Å²) in [6.07, 6.45) is 2.01. The van der Waals surface area contributed by atoms with Crippen LogP contribution in [0.25, 0.3) is 11.3 Å². The molecule has 0 saturated carbocycles. The summed E-state index contributed by atoms with van der Waals surface area (Å²) in [6.45, 7) is 2.71. The van der Waals surface area contributed by atoms with E-state index in [-0.39, 0.29) is 5.56 Å². The molecule has 2 rings (SSSR count). The molecule has 3 N–H and O–H groups in total. The lowest BCUT2D eigenvalue weighted by molar-refractivity contribution is 0.0999. The molecule has 5 nitrogen and oxygen atoms in total. The van der Waals surface area contributed by atoms with E-state index in [0.717, 1.165) is 18.4 Å². The number of hydrogen-bond acceptors (Lipinski definition) is 3. The first-order valence-corrected chi connectivity index (χ1v) is 6.88. The summed E-state index contributed by atoms with van der Waals surface area (Å²) in [6, 6.07) is 10.5. The number of rotatable bonds is 6. The SMILES string of the molecule is CCCCOc1ccccc1-c1ccc(C(N)=O)c(=O)[nH]1. The van der Waals surface area contributed by atoms with Crippen molar-refractivity contribution in [1.82, 2.24) is 4.98 Å². The van der Waals surface area contributed by atoms with Crippen LogP contribution >= 0.6 is 0 Å². The molecule has 0 aliphatic rings. The molecule has 0 bridgehead atoms. The van der Waals surface area contributed by atoms with E-state index in [1.165, 1.54) is 6.07 Å². The summed E-state index contributed by atoms with van der Waals surface area (Å²) in [5.74, 6) is -0.0382. The second-order valence-electron chi connectivity index (χ2n) is 4.68. The van der Waals surface area contributed by atoms with Gasteiger partial charge in [0.2, 0.25) is 0 Å². The van der Waals surface area contributed by atoms with Crippen LogP contribution < -0.4 is 16.0 Å². The van der Waals surface area contributed by atoms with Gasteiger partial charge in [0.15, 0.2) is 0 Å². The normalized spacial score (nSPS) is 10.3. The van der Waals surface area contributed by atoms with Gasteiger partial charge in [-0.1, -0.05) is 25.5 Å². The van der Waals surface area contributed by atoms with Crippen LogP contribution in [-0.2, 0) is 0 Å². The topological polar surface area (TPSA) is 85.2 Å². The molecule has 2 aromatic rings. The zero-order chi connectivity index (χ0) is 15.2. The number of unbranched alkanes of at least 4 members (excludes halogenated alkanes) is 1. The van der Waals surface area contributed by atoms with E-state index in [0.29, 0.717) is 18.1 Å². The number of hydrogen-bond donors (Lipinski definition) is 2. The summed E-state index contributed by atoms with van der Waals surface area (Å²) in [5.41, 5.74) is 5.96. The molecule has 0 spiro atoms. The van der Waals surface area contributed by atoms with Crippen LogP contribution in [0.5, 0.6) is 5.75 Å². The Kier molecular flexibility index (Phi) is 4.77. The first-order valence-electron chi connectivity index (χ1n) is 6.88. The Morgan fingerprint density at radius 3 is 2.67 bits per heavy atom. The van der Waals surface area contributed by atoms with Crippen molar-refractivity contribution >= 4 is 5.91 Å². The van der Waals surface area contributed by atoms with E-state index in [2.05, 4.69) is 11.9 Å². The highest BCUT2D eigenvalue weighted by Crippen LogP contribution is 2.27. The van der Waals surface area contributed by atoms with E-state index in [1.807, 2.05) is 24.3 Å². The maximum absolute atomic E-state index is 11.8. The molecule has 1 aromatic heterocycles. The van der Waals surface area contributed by atoms with Gasteiger partial charge in [0, 0.05) is 5.56 Å². The fourth-order valence-corrected chi connectivity index (χ4v) is 1.97. The Morgan fingerprint density at radius 1 is 1.24 bits per heavy atom. The Labute approximate surface area is 122 Å². The summed E-state index contributed by atoms with van der Waals surface area (Å²) in [5, 5.41) is 0. The minimum absolute atomic E-state index is 0.0527. The van der Waals surface area contributed by atoms with Crippen molar-refractivity contribution in [2.45, 2.75) is 19.8 Å². The van der Waals surface area contributed by atoms with Gasteiger partial charge < -0.3 is 15.5 Å². The molecule has 110 valence electrons. The van der Waals surface area contributed by atoms with Crippen LogP contribution in [0.4, 0.5) is 0 Å². The van der Waals surface area contributed by atoms with Crippen LogP contribution in [0.1, 0.15) is 30.1 Å². The number of amides is 1. The molecular formula is C16H18N2O3. The van der Waals surface area contributed by atoms with Crippen molar-refractivity contribution in [1.29, 1.82) is 0 Å². The molecule has 0 fully saturated rings. The Balaban J connectivity index is 2.36. The molecule has 0 aliphatic carbocycles. The first-order chi connectivity index (χ1) is 10.1. The van der Waals surface area contributed by atoms with E-state index in [9.17, 15) is 9.59 Å². The molecule has 0 atom stereocenters. The number of aromatic amines is 1. The van der Waals surface area contributed by atoms with Crippen molar-refractivity contribution in [3.63, 3.8) is 0 Å². The summed E-state index contributed by atoms with van der Waals surface area (Å²) < 4.78 is 5.74. The zero-order valence-corrected chi connectivity index (χ0v) is 11.9. The average Bonchev–Trinajstić information content (AvgIpc) is 2.47. The number of ether oxygens (including phenoxy) is 1. The highest BCUT2D eigenvalue weighted by molar-refractivity contribution is 5.92. The van der Waals surface area contributed by atoms with Crippen molar-refractivity contribution in [3.8, 4) is 17.0 Å². The minimum atomic E-state index is -0.740. The van der Waals surface area contributed by atoms with Crippen LogP contribution in [0.3, 0.4) is 0 Å². The van der Waals surface area contributed by atoms with E-state index in [1.54, 1.807) is 6.07 Å². The fourth-order valence-electron chi connectivity index (χ4n) is 1.97. The van der Waals surface area contributed by atoms with Gasteiger partial charge in [-0.3, -0.25) is 9.59 Å².